The number of alkyl halides is 1. The van der Waals surface area contributed by atoms with E-state index in [1.54, 1.807) is 45.2 Å². The highest BCUT2D eigenvalue weighted by atomic mass is 79.9. The Labute approximate surface area is 109 Å². The highest BCUT2D eigenvalue weighted by molar-refractivity contribution is 9.10. The summed E-state index contributed by atoms with van der Waals surface area (Å²) in [7, 11) is 1.56. The average Bonchev–Trinajstić information content (AvgIpc) is 2.27. The van der Waals surface area contributed by atoms with Crippen molar-refractivity contribution in [1.82, 2.24) is 5.32 Å². The van der Waals surface area contributed by atoms with Crippen molar-refractivity contribution in [2.24, 2.45) is 0 Å². The number of anilines is 1. The van der Waals surface area contributed by atoms with Gasteiger partial charge in [0.1, 0.15) is 0 Å². The van der Waals surface area contributed by atoms with Crippen molar-refractivity contribution >= 4 is 33.4 Å². The van der Waals surface area contributed by atoms with Crippen molar-refractivity contribution in [3.05, 3.63) is 29.8 Å². The number of amides is 2. The van der Waals surface area contributed by atoms with E-state index in [0.717, 1.165) is 0 Å². The minimum Gasteiger partial charge on any atom is -0.355 e. The number of hydrogen-bond acceptors (Lipinski definition) is 2. The van der Waals surface area contributed by atoms with Gasteiger partial charge in [-0.15, -0.1) is 0 Å². The fourth-order valence-electron chi connectivity index (χ4n) is 1.16. The smallest absolute Gasteiger partial charge is 0.251 e. The molecule has 0 heterocycles. The number of carbonyl (C=O) groups excluding carboxylic acids is 2. The number of nitrogens with one attached hydrogen (secondary N) is 2. The van der Waals surface area contributed by atoms with Crippen LogP contribution in [0.4, 0.5) is 5.69 Å². The Balaban J connectivity index is 2.87. The minimum absolute atomic E-state index is 0.161. The van der Waals surface area contributed by atoms with E-state index >= 15 is 0 Å². The molecule has 5 heteroatoms. The fraction of sp³-hybridized carbons (Fsp3) is 0.333. The highest BCUT2D eigenvalue weighted by Gasteiger charge is 2.23. The zero-order chi connectivity index (χ0) is 13.1. The number of hydrogen-bond donors (Lipinski definition) is 2. The van der Waals surface area contributed by atoms with Crippen molar-refractivity contribution in [1.29, 1.82) is 0 Å². The average molecular weight is 299 g/mol. The van der Waals surface area contributed by atoms with Gasteiger partial charge in [-0.2, -0.15) is 0 Å². The number of benzene rings is 1. The van der Waals surface area contributed by atoms with Crippen LogP contribution in [0.15, 0.2) is 24.3 Å². The molecule has 0 aliphatic rings. The van der Waals surface area contributed by atoms with Crippen molar-refractivity contribution < 1.29 is 9.59 Å². The minimum atomic E-state index is -0.643. The van der Waals surface area contributed by atoms with Crippen LogP contribution in [0.25, 0.3) is 0 Å². The van der Waals surface area contributed by atoms with Crippen LogP contribution >= 0.6 is 15.9 Å². The molecular formula is C12H15BrN2O2. The Kier molecular flexibility index (Phi) is 4.28. The molecule has 4 nitrogen and oxygen atoms in total. The molecule has 2 N–H and O–H groups in total. The summed E-state index contributed by atoms with van der Waals surface area (Å²) < 4.78 is -0.643. The van der Waals surface area contributed by atoms with E-state index in [4.69, 9.17) is 0 Å². The molecule has 0 fully saturated rings. The zero-order valence-electron chi connectivity index (χ0n) is 10.0. The van der Waals surface area contributed by atoms with E-state index in [-0.39, 0.29) is 11.8 Å². The summed E-state index contributed by atoms with van der Waals surface area (Å²) in [5.41, 5.74) is 1.11. The van der Waals surface area contributed by atoms with Gasteiger partial charge in [-0.05, 0) is 32.0 Å². The van der Waals surface area contributed by atoms with Gasteiger partial charge < -0.3 is 10.6 Å². The molecular weight excluding hydrogens is 284 g/mol. The van der Waals surface area contributed by atoms with Crippen LogP contribution in [0, 0.1) is 0 Å². The largest absolute Gasteiger partial charge is 0.355 e. The molecule has 92 valence electrons. The first-order valence-corrected chi connectivity index (χ1v) is 5.96. The van der Waals surface area contributed by atoms with Crippen LogP contribution in [0.2, 0.25) is 0 Å². The molecule has 0 radical (unpaired) electrons. The van der Waals surface area contributed by atoms with Crippen LogP contribution in [0.5, 0.6) is 0 Å². The molecule has 1 aromatic rings. The third-order valence-corrected chi connectivity index (χ3v) is 2.51. The lowest BCUT2D eigenvalue weighted by atomic mass is 10.1. The second-order valence-electron chi connectivity index (χ2n) is 4.09. The molecule has 17 heavy (non-hydrogen) atoms. The van der Waals surface area contributed by atoms with E-state index in [2.05, 4.69) is 26.6 Å². The lowest BCUT2D eigenvalue weighted by Crippen LogP contribution is -2.31. The summed E-state index contributed by atoms with van der Waals surface area (Å²) in [5, 5.41) is 5.27. The van der Waals surface area contributed by atoms with E-state index in [1.807, 2.05) is 0 Å². The molecule has 1 rings (SSSR count). The number of carbonyl (C=O) groups is 2. The molecule has 0 saturated heterocycles. The Hall–Kier alpha value is -1.36. The third-order valence-electron chi connectivity index (χ3n) is 2.15. The molecule has 0 aromatic heterocycles. The number of rotatable bonds is 3. The summed E-state index contributed by atoms with van der Waals surface area (Å²) in [6, 6.07) is 6.79. The lowest BCUT2D eigenvalue weighted by Gasteiger charge is -2.16. The SMILES string of the molecule is CNC(=O)c1cccc(NC(=O)C(C)(C)Br)c1. The Morgan fingerprint density at radius 2 is 1.94 bits per heavy atom. The monoisotopic (exact) mass is 298 g/mol. The Morgan fingerprint density at radius 3 is 2.47 bits per heavy atom. The lowest BCUT2D eigenvalue weighted by molar-refractivity contribution is -0.117. The third kappa shape index (κ3) is 3.85. The van der Waals surface area contributed by atoms with Crippen LogP contribution in [-0.2, 0) is 4.79 Å². The van der Waals surface area contributed by atoms with E-state index < -0.39 is 4.32 Å². The normalized spacial score (nSPS) is 10.8. The van der Waals surface area contributed by atoms with E-state index in [1.165, 1.54) is 0 Å². The van der Waals surface area contributed by atoms with Crippen LogP contribution in [0.3, 0.4) is 0 Å². The van der Waals surface area contributed by atoms with Gasteiger partial charge in [0.25, 0.3) is 5.91 Å². The van der Waals surface area contributed by atoms with Gasteiger partial charge >= 0.3 is 0 Å². The van der Waals surface area contributed by atoms with Crippen molar-refractivity contribution in [2.75, 3.05) is 12.4 Å². The van der Waals surface area contributed by atoms with Gasteiger partial charge in [0.15, 0.2) is 0 Å². The predicted molar refractivity (Wildman–Crippen MR) is 71.5 cm³/mol. The van der Waals surface area contributed by atoms with Gasteiger partial charge in [-0.3, -0.25) is 9.59 Å². The van der Waals surface area contributed by atoms with Gasteiger partial charge in [0, 0.05) is 18.3 Å². The van der Waals surface area contributed by atoms with E-state index in [0.29, 0.717) is 11.3 Å². The van der Waals surface area contributed by atoms with Gasteiger partial charge in [0.05, 0.1) is 4.32 Å². The summed E-state index contributed by atoms with van der Waals surface area (Å²) >= 11 is 3.27. The van der Waals surface area contributed by atoms with Gasteiger partial charge in [-0.25, -0.2) is 0 Å². The van der Waals surface area contributed by atoms with Crippen molar-refractivity contribution in [3.8, 4) is 0 Å². The van der Waals surface area contributed by atoms with Gasteiger partial charge in [0.2, 0.25) is 5.91 Å². The second kappa shape index (κ2) is 5.31. The Bertz CT molecular complexity index is 438. The highest BCUT2D eigenvalue weighted by Crippen LogP contribution is 2.19. The topological polar surface area (TPSA) is 58.2 Å². The summed E-state index contributed by atoms with van der Waals surface area (Å²) in [5.74, 6) is -0.342. The fourth-order valence-corrected chi connectivity index (χ4v) is 1.26. The van der Waals surface area contributed by atoms with Crippen molar-refractivity contribution in [3.63, 3.8) is 0 Å². The quantitative estimate of drug-likeness (QED) is 0.840. The molecule has 0 aliphatic carbocycles. The molecule has 0 aliphatic heterocycles. The van der Waals surface area contributed by atoms with Crippen LogP contribution < -0.4 is 10.6 Å². The maximum absolute atomic E-state index is 11.7. The number of halogens is 1. The zero-order valence-corrected chi connectivity index (χ0v) is 11.6. The molecule has 2 amide bonds. The molecule has 0 saturated carbocycles. The van der Waals surface area contributed by atoms with Gasteiger partial charge in [-0.1, -0.05) is 22.0 Å². The maximum atomic E-state index is 11.7. The predicted octanol–water partition coefficient (Wildman–Crippen LogP) is 2.16. The first-order valence-electron chi connectivity index (χ1n) is 5.17. The Morgan fingerprint density at radius 1 is 1.29 bits per heavy atom. The van der Waals surface area contributed by atoms with E-state index in [9.17, 15) is 9.59 Å². The molecule has 0 atom stereocenters. The molecule has 0 bridgehead atoms. The van der Waals surface area contributed by atoms with Crippen LogP contribution in [-0.4, -0.2) is 23.2 Å². The molecule has 0 unspecified atom stereocenters. The summed E-state index contributed by atoms with van der Waals surface area (Å²) in [6.07, 6.45) is 0. The first kappa shape index (κ1) is 13.7. The first-order chi connectivity index (χ1) is 7.84. The van der Waals surface area contributed by atoms with Crippen LogP contribution in [0.1, 0.15) is 24.2 Å². The standard InChI is InChI=1S/C12H15BrN2O2/c1-12(2,13)11(17)15-9-6-4-5-8(7-9)10(16)14-3/h4-7H,1-3H3,(H,14,16)(H,15,17). The second-order valence-corrected chi connectivity index (χ2v) is 6.07. The summed E-state index contributed by atoms with van der Waals surface area (Å²) in [6.45, 7) is 3.51. The molecule has 0 spiro atoms. The maximum Gasteiger partial charge on any atom is 0.251 e. The van der Waals surface area contributed by atoms with Crippen molar-refractivity contribution in [2.45, 2.75) is 18.2 Å². The summed E-state index contributed by atoms with van der Waals surface area (Å²) in [4.78, 5) is 23.1. The molecule has 1 aromatic carbocycles.